The van der Waals surface area contributed by atoms with Crippen molar-refractivity contribution in [3.63, 3.8) is 0 Å². The third-order valence-electron chi connectivity index (χ3n) is 6.24. The molecule has 9 N–H and O–H groups in total. The number of benzene rings is 1. The molecule has 5 atom stereocenters. The maximum Gasteiger partial charge on any atom is 0.413 e. The van der Waals surface area contributed by atoms with Crippen molar-refractivity contribution < 1.29 is 29.1 Å². The summed E-state index contributed by atoms with van der Waals surface area (Å²) in [6.45, 7) is 10.0. The molecule has 0 spiro atoms. The first-order valence-electron chi connectivity index (χ1n) is 11.6. The molecule has 1 aliphatic rings. The highest BCUT2D eigenvalue weighted by Gasteiger charge is 2.57. The minimum absolute atomic E-state index is 0.115. The Bertz CT molecular complexity index is 974. The first kappa shape index (κ1) is 29.3. The van der Waals surface area contributed by atoms with Crippen molar-refractivity contribution >= 4 is 23.7 Å². The van der Waals surface area contributed by atoms with E-state index in [0.29, 0.717) is 5.56 Å². The quantitative estimate of drug-likeness (QED) is 0.115. The standard InChI is InChI=1S/C24H38N6O6/c1-22(2,3)24(30-27,20(32)33)18(25)16(31)15(13-10-8-7-9-11-13)17-14(12-28-36-17)19(26)29-21(34)35-23(4,5)6/h7-11,14-15,17-18,28,30H,12,25,27H2,1-6H3,(H,32,33)(H2,26,29,34)/t14?,15-,17-,18?,24+/m1/s1. The van der Waals surface area contributed by atoms with Crippen molar-refractivity contribution in [3.8, 4) is 0 Å². The van der Waals surface area contributed by atoms with Gasteiger partial charge in [-0.3, -0.25) is 31.0 Å². The van der Waals surface area contributed by atoms with E-state index < -0.39 is 58.4 Å². The predicted molar refractivity (Wildman–Crippen MR) is 133 cm³/mol. The molecule has 1 heterocycles. The van der Waals surface area contributed by atoms with Gasteiger partial charge < -0.3 is 15.6 Å². The van der Waals surface area contributed by atoms with Crippen molar-refractivity contribution in [2.75, 3.05) is 6.54 Å². The zero-order valence-corrected chi connectivity index (χ0v) is 21.5. The number of carbonyl (C=O) groups is 3. The molecule has 1 aromatic carbocycles. The third kappa shape index (κ3) is 6.08. The van der Waals surface area contributed by atoms with Gasteiger partial charge in [-0.15, -0.1) is 0 Å². The van der Waals surface area contributed by atoms with Gasteiger partial charge in [-0.1, -0.05) is 51.1 Å². The molecule has 2 rings (SSSR count). The summed E-state index contributed by atoms with van der Waals surface area (Å²) >= 11 is 0. The van der Waals surface area contributed by atoms with Crippen molar-refractivity contribution in [2.45, 2.75) is 70.7 Å². The Balaban J connectivity index is 2.48. The molecular formula is C24H38N6O6. The molecule has 36 heavy (non-hydrogen) atoms. The summed E-state index contributed by atoms with van der Waals surface area (Å²) < 4.78 is 5.23. The monoisotopic (exact) mass is 506 g/mol. The Morgan fingerprint density at radius 3 is 2.22 bits per heavy atom. The number of hydroxylamine groups is 1. The second-order valence-corrected chi connectivity index (χ2v) is 10.9. The predicted octanol–water partition coefficient (Wildman–Crippen LogP) is 1.02. The molecule has 0 saturated carbocycles. The van der Waals surface area contributed by atoms with Crippen LogP contribution in [0.4, 0.5) is 4.79 Å². The second-order valence-electron chi connectivity index (χ2n) is 10.9. The maximum atomic E-state index is 14.0. The molecule has 12 heteroatoms. The largest absolute Gasteiger partial charge is 0.480 e. The lowest BCUT2D eigenvalue weighted by Crippen LogP contribution is -2.74. The molecule has 0 aromatic heterocycles. The number of hydrogen-bond acceptors (Lipinski definition) is 10. The van der Waals surface area contributed by atoms with E-state index in [1.54, 1.807) is 71.9 Å². The summed E-state index contributed by atoms with van der Waals surface area (Å²) in [7, 11) is 0. The Labute approximate surface area is 210 Å². The van der Waals surface area contributed by atoms with Crippen LogP contribution in [0.5, 0.6) is 0 Å². The molecular weight excluding hydrogens is 468 g/mol. The van der Waals surface area contributed by atoms with Gasteiger partial charge in [-0.25, -0.2) is 15.7 Å². The summed E-state index contributed by atoms with van der Waals surface area (Å²) in [5, 5.41) is 21.0. The summed E-state index contributed by atoms with van der Waals surface area (Å²) in [5.41, 5.74) is 8.02. The number of hydrazine groups is 1. The van der Waals surface area contributed by atoms with Crippen LogP contribution in [-0.2, 0) is 19.2 Å². The number of nitrogens with two attached hydrogens (primary N) is 2. The fraction of sp³-hybridized carbons (Fsp3) is 0.583. The van der Waals surface area contributed by atoms with Crippen LogP contribution < -0.4 is 27.8 Å². The summed E-state index contributed by atoms with van der Waals surface area (Å²) in [5.74, 6) is 1.58. The van der Waals surface area contributed by atoms with Gasteiger partial charge in [0.2, 0.25) is 0 Å². The summed E-state index contributed by atoms with van der Waals surface area (Å²) in [4.78, 5) is 44.4. The number of amides is 1. The number of carboxylic acids is 1. The number of Topliss-reactive ketones (excluding diaryl/α,β-unsaturated/α-hetero) is 1. The molecule has 0 radical (unpaired) electrons. The normalized spacial score (nSPS) is 21.7. The Kier molecular flexibility index (Phi) is 8.97. The lowest BCUT2D eigenvalue weighted by molar-refractivity contribution is -0.155. The topological polar surface area (TPSA) is 202 Å². The zero-order chi connectivity index (χ0) is 27.5. The number of ketones is 1. The first-order valence-corrected chi connectivity index (χ1v) is 11.6. The van der Waals surface area contributed by atoms with Gasteiger partial charge in [0.1, 0.15) is 17.5 Å². The molecule has 200 valence electrons. The molecule has 1 saturated heterocycles. The van der Waals surface area contributed by atoms with Crippen molar-refractivity contribution in [1.82, 2.24) is 16.2 Å². The van der Waals surface area contributed by atoms with Gasteiger partial charge in [-0.2, -0.15) is 0 Å². The van der Waals surface area contributed by atoms with Crippen LogP contribution in [0.1, 0.15) is 53.0 Å². The molecule has 0 bridgehead atoms. The lowest BCUT2D eigenvalue weighted by atomic mass is 9.66. The smallest absolute Gasteiger partial charge is 0.413 e. The SMILES string of the molecule is CC(C)(C)OC(=O)NC(=N)C1CNO[C@H]1[C@@H](C(=O)C(N)[C@](NN)(C(=O)O)C(C)(C)C)c1ccccc1. The number of carbonyl (C=O) groups excluding carboxylic acids is 2. The maximum absolute atomic E-state index is 14.0. The van der Waals surface area contributed by atoms with E-state index in [9.17, 15) is 19.5 Å². The number of ether oxygens (including phenoxy) is 1. The molecule has 1 aromatic rings. The fourth-order valence-corrected chi connectivity index (χ4v) is 4.38. The van der Waals surface area contributed by atoms with Crippen molar-refractivity contribution in [2.24, 2.45) is 22.9 Å². The Morgan fingerprint density at radius 2 is 1.75 bits per heavy atom. The van der Waals surface area contributed by atoms with Crippen LogP contribution in [0.15, 0.2) is 30.3 Å². The molecule has 12 nitrogen and oxygen atoms in total. The van der Waals surface area contributed by atoms with E-state index in [4.69, 9.17) is 26.6 Å². The van der Waals surface area contributed by atoms with E-state index in [-0.39, 0.29) is 12.4 Å². The molecule has 0 aliphatic carbocycles. The number of hydrogen-bond donors (Lipinski definition) is 7. The minimum Gasteiger partial charge on any atom is -0.480 e. The van der Waals surface area contributed by atoms with Crippen molar-refractivity contribution in [3.05, 3.63) is 35.9 Å². The Hall–Kier alpha value is -2.90. The highest BCUT2D eigenvalue weighted by Crippen LogP contribution is 2.38. The number of aliphatic carboxylic acids is 1. The number of alkyl carbamates (subject to hydrolysis) is 1. The van der Waals surface area contributed by atoms with Crippen LogP contribution in [0.3, 0.4) is 0 Å². The van der Waals surface area contributed by atoms with E-state index in [1.165, 1.54) is 0 Å². The van der Waals surface area contributed by atoms with E-state index in [1.807, 2.05) is 0 Å². The number of nitrogens with one attached hydrogen (secondary N) is 4. The second kappa shape index (κ2) is 11.0. The Morgan fingerprint density at radius 1 is 1.17 bits per heavy atom. The third-order valence-corrected chi connectivity index (χ3v) is 6.24. The van der Waals surface area contributed by atoms with Gasteiger partial charge in [0.05, 0.1) is 17.9 Å². The van der Waals surface area contributed by atoms with Crippen LogP contribution in [0, 0.1) is 16.7 Å². The van der Waals surface area contributed by atoms with Crippen LogP contribution in [0.2, 0.25) is 0 Å². The van der Waals surface area contributed by atoms with E-state index >= 15 is 0 Å². The van der Waals surface area contributed by atoms with Crippen LogP contribution in [-0.4, -0.2) is 58.6 Å². The fourth-order valence-electron chi connectivity index (χ4n) is 4.38. The van der Waals surface area contributed by atoms with E-state index in [0.717, 1.165) is 0 Å². The van der Waals surface area contributed by atoms with Crippen LogP contribution >= 0.6 is 0 Å². The zero-order valence-electron chi connectivity index (χ0n) is 21.5. The summed E-state index contributed by atoms with van der Waals surface area (Å²) in [6.07, 6.45) is -1.81. The minimum atomic E-state index is -2.01. The van der Waals surface area contributed by atoms with Gasteiger partial charge >= 0.3 is 12.1 Å². The highest BCUT2D eigenvalue weighted by atomic mass is 16.7. The highest BCUT2D eigenvalue weighted by molar-refractivity contribution is 6.00. The van der Waals surface area contributed by atoms with Crippen molar-refractivity contribution in [1.29, 1.82) is 5.41 Å². The van der Waals surface area contributed by atoms with Gasteiger partial charge in [-0.05, 0) is 31.7 Å². The van der Waals surface area contributed by atoms with Crippen LogP contribution in [0.25, 0.3) is 0 Å². The molecule has 1 amide bonds. The first-order chi connectivity index (χ1) is 16.6. The average molecular weight is 507 g/mol. The molecule has 1 aliphatic heterocycles. The number of rotatable bonds is 8. The number of amidine groups is 1. The lowest BCUT2D eigenvalue weighted by Gasteiger charge is -2.45. The summed E-state index contributed by atoms with van der Waals surface area (Å²) in [6, 6.07) is 6.99. The molecule has 1 fully saturated rings. The van der Waals surface area contributed by atoms with Gasteiger partial charge in [0.15, 0.2) is 11.3 Å². The van der Waals surface area contributed by atoms with E-state index in [2.05, 4.69) is 16.2 Å². The van der Waals surface area contributed by atoms with Gasteiger partial charge in [0.25, 0.3) is 0 Å². The number of carboxylic acid groups (broad SMARTS) is 1. The average Bonchev–Trinajstić information content (AvgIpc) is 3.22. The molecule has 2 unspecified atom stereocenters. The van der Waals surface area contributed by atoms with Gasteiger partial charge in [0, 0.05) is 6.54 Å².